The van der Waals surface area contributed by atoms with Crippen LogP contribution >= 0.6 is 11.3 Å². The van der Waals surface area contributed by atoms with Crippen molar-refractivity contribution >= 4 is 46.7 Å². The molecule has 0 saturated carbocycles. The zero-order chi connectivity index (χ0) is 37.5. The maximum atomic E-state index is 13.5. The highest BCUT2D eigenvalue weighted by Crippen LogP contribution is 2.31. The van der Waals surface area contributed by atoms with Gasteiger partial charge in [0.25, 0.3) is 5.91 Å². The van der Waals surface area contributed by atoms with Gasteiger partial charge >= 0.3 is 11.9 Å². The van der Waals surface area contributed by atoms with Crippen LogP contribution in [0, 0.1) is 17.8 Å². The van der Waals surface area contributed by atoms with E-state index in [9.17, 15) is 34.2 Å². The van der Waals surface area contributed by atoms with Gasteiger partial charge in [-0.25, -0.2) is 4.98 Å². The Kier molecular flexibility index (Phi) is 17.3. The largest absolute Gasteiger partial charge is 0.506 e. The Bertz CT molecular complexity index is 1450. The highest BCUT2D eigenvalue weighted by atomic mass is 32.1. The van der Waals surface area contributed by atoms with Gasteiger partial charge < -0.3 is 35.8 Å². The summed E-state index contributed by atoms with van der Waals surface area (Å²) in [5.41, 5.74) is 0.968. The van der Waals surface area contributed by atoms with Gasteiger partial charge in [0.1, 0.15) is 16.5 Å². The normalized spacial score (nSPS) is 14.3. The summed E-state index contributed by atoms with van der Waals surface area (Å²) in [6.45, 7) is 11.6. The Morgan fingerprint density at radius 2 is 1.78 bits per heavy atom. The zero-order valence-electron chi connectivity index (χ0n) is 30.6. The van der Waals surface area contributed by atoms with Crippen molar-refractivity contribution in [2.45, 2.75) is 105 Å². The lowest BCUT2D eigenvalue weighted by Crippen LogP contribution is -2.42. The lowest BCUT2D eigenvalue weighted by Gasteiger charge is -2.34. The molecule has 14 heteroatoms. The Morgan fingerprint density at radius 3 is 2.38 bits per heavy atom. The number of rotatable bonds is 21. The van der Waals surface area contributed by atoms with Crippen molar-refractivity contribution in [1.29, 1.82) is 0 Å². The number of amides is 3. The van der Waals surface area contributed by atoms with E-state index in [-0.39, 0.29) is 66.1 Å². The third-order valence-electron chi connectivity index (χ3n) is 8.72. The molecule has 1 heterocycles. The van der Waals surface area contributed by atoms with E-state index in [1.807, 2.05) is 27.7 Å². The number of aromatic nitrogens is 1. The molecule has 278 valence electrons. The Morgan fingerprint density at radius 1 is 1.08 bits per heavy atom. The first-order chi connectivity index (χ1) is 23.6. The fraction of sp³-hybridized carbons (Fsp3) is 0.611. The standard InChI is InChI=1S/C36H55N5O8S/c1-9-22(4)15-33(45)41(8)29(21(2)3)19-31(49-24(6)42)35-40-28(20-50-35)34(46)38-26(16-23(5)36(47)48)17-25-12-13-30(43)27(18-25)39-32(44)11-10-14-37-7/h12-13,18,20-23,26,29,31,37,43H,9-11,14-17,19H2,1-8H3,(H,38,46)(H,39,44)(H,47,48)/t22-,23?,26+,29?,31+/m0/s1. The molecule has 5 atom stereocenters. The lowest BCUT2D eigenvalue weighted by atomic mass is 9.95. The van der Waals surface area contributed by atoms with Gasteiger partial charge in [0, 0.05) is 50.7 Å². The van der Waals surface area contributed by atoms with Gasteiger partial charge in [0.2, 0.25) is 11.8 Å². The smallest absolute Gasteiger partial charge is 0.306 e. The molecular formula is C36H55N5O8S. The van der Waals surface area contributed by atoms with Crippen molar-refractivity contribution in [3.63, 3.8) is 0 Å². The van der Waals surface area contributed by atoms with Crippen molar-refractivity contribution in [3.05, 3.63) is 39.8 Å². The van der Waals surface area contributed by atoms with Gasteiger partial charge in [0.15, 0.2) is 6.10 Å². The number of nitrogens with one attached hydrogen (secondary N) is 3. The van der Waals surface area contributed by atoms with Gasteiger partial charge in [-0.1, -0.05) is 47.1 Å². The first kappa shape index (κ1) is 42.1. The average Bonchev–Trinajstić information content (AvgIpc) is 3.54. The number of nitrogens with zero attached hydrogens (tertiary/aromatic N) is 2. The summed E-state index contributed by atoms with van der Waals surface area (Å²) in [6.07, 6.45) is 2.00. The highest BCUT2D eigenvalue weighted by Gasteiger charge is 2.31. The third-order valence-corrected chi connectivity index (χ3v) is 9.65. The summed E-state index contributed by atoms with van der Waals surface area (Å²) in [5, 5.41) is 30.5. The lowest BCUT2D eigenvalue weighted by molar-refractivity contribution is -0.148. The zero-order valence-corrected chi connectivity index (χ0v) is 31.4. The molecule has 2 unspecified atom stereocenters. The molecule has 0 radical (unpaired) electrons. The quantitative estimate of drug-likeness (QED) is 0.0657. The molecule has 0 bridgehead atoms. The van der Waals surface area contributed by atoms with Gasteiger partial charge in [-0.15, -0.1) is 11.3 Å². The first-order valence-corrected chi connectivity index (χ1v) is 18.1. The fourth-order valence-electron chi connectivity index (χ4n) is 5.52. The number of phenols is 1. The summed E-state index contributed by atoms with van der Waals surface area (Å²) >= 11 is 1.16. The Hall–Kier alpha value is -4.04. The monoisotopic (exact) mass is 717 g/mol. The summed E-state index contributed by atoms with van der Waals surface area (Å²) in [6, 6.07) is 3.81. The Labute approximate surface area is 299 Å². The molecule has 0 aliphatic rings. The molecule has 0 saturated heterocycles. The second-order valence-electron chi connectivity index (χ2n) is 13.4. The second kappa shape index (κ2) is 20.6. The molecule has 1 aromatic heterocycles. The molecule has 0 spiro atoms. The molecule has 5 N–H and O–H groups in total. The molecule has 13 nitrogen and oxygen atoms in total. The summed E-state index contributed by atoms with van der Waals surface area (Å²) in [7, 11) is 3.55. The number of ether oxygens (including phenoxy) is 1. The second-order valence-corrected chi connectivity index (χ2v) is 14.3. The minimum atomic E-state index is -1.02. The minimum absolute atomic E-state index is 0.00752. The SMILES string of the molecule is CC[C@H](C)CC(=O)N(C)C(C[C@@H](OC(C)=O)c1nc(C(=O)N[C@@H](Cc2ccc(O)c(NC(=O)CCCNC)c2)CC(C)C(=O)O)cs1)C(C)C. The van der Waals surface area contributed by atoms with E-state index in [0.717, 1.165) is 17.8 Å². The Balaban J connectivity index is 2.29. The molecule has 3 amide bonds. The molecule has 2 aromatic rings. The maximum absolute atomic E-state index is 13.5. The molecule has 0 aliphatic heterocycles. The molecule has 2 rings (SSSR count). The molecule has 0 fully saturated rings. The van der Waals surface area contributed by atoms with Crippen molar-refractivity contribution < 1.29 is 38.9 Å². The number of anilines is 1. The summed E-state index contributed by atoms with van der Waals surface area (Å²) in [5.74, 6) is -2.93. The number of hydrogen-bond acceptors (Lipinski definition) is 10. The van der Waals surface area contributed by atoms with Gasteiger partial charge in [-0.05, 0) is 62.4 Å². The number of thiazole rings is 1. The number of carbonyl (C=O) groups is 5. The number of aliphatic carboxylic acids is 1. The van der Waals surface area contributed by atoms with E-state index in [1.54, 1.807) is 43.4 Å². The molecule has 50 heavy (non-hydrogen) atoms. The summed E-state index contributed by atoms with van der Waals surface area (Å²) < 4.78 is 5.68. The molecule has 1 aromatic carbocycles. The fourth-order valence-corrected chi connectivity index (χ4v) is 6.36. The molecular weight excluding hydrogens is 662 g/mol. The van der Waals surface area contributed by atoms with E-state index >= 15 is 0 Å². The third kappa shape index (κ3) is 13.7. The predicted molar refractivity (Wildman–Crippen MR) is 193 cm³/mol. The number of hydrogen-bond donors (Lipinski definition) is 5. The van der Waals surface area contributed by atoms with Crippen LogP contribution in [0.4, 0.5) is 5.69 Å². The van der Waals surface area contributed by atoms with Gasteiger partial charge in [-0.3, -0.25) is 24.0 Å². The van der Waals surface area contributed by atoms with Crippen LogP contribution in [0.25, 0.3) is 0 Å². The van der Waals surface area contributed by atoms with Crippen molar-refractivity contribution in [2.75, 3.05) is 26.0 Å². The number of benzene rings is 1. The number of carbonyl (C=O) groups excluding carboxylic acids is 4. The number of aromatic hydroxyl groups is 1. The molecule has 0 aliphatic carbocycles. The van der Waals surface area contributed by atoms with Crippen molar-refractivity contribution in [2.24, 2.45) is 17.8 Å². The van der Waals surface area contributed by atoms with E-state index in [4.69, 9.17) is 4.74 Å². The van der Waals surface area contributed by atoms with E-state index in [2.05, 4.69) is 20.9 Å². The maximum Gasteiger partial charge on any atom is 0.306 e. The first-order valence-electron chi connectivity index (χ1n) is 17.2. The van der Waals surface area contributed by atoms with Crippen LogP contribution in [0.3, 0.4) is 0 Å². The van der Waals surface area contributed by atoms with E-state index in [1.165, 1.54) is 13.0 Å². The summed E-state index contributed by atoms with van der Waals surface area (Å²) in [4.78, 5) is 69.1. The average molecular weight is 718 g/mol. The van der Waals surface area contributed by atoms with Gasteiger partial charge in [0.05, 0.1) is 11.6 Å². The van der Waals surface area contributed by atoms with Crippen LogP contribution in [0.1, 0.15) is 107 Å². The van der Waals surface area contributed by atoms with Crippen LogP contribution < -0.4 is 16.0 Å². The van der Waals surface area contributed by atoms with Crippen LogP contribution in [0.5, 0.6) is 5.75 Å². The number of carboxylic acids is 1. The number of carboxylic acid groups (broad SMARTS) is 1. The highest BCUT2D eigenvalue weighted by molar-refractivity contribution is 7.09. The number of esters is 1. The van der Waals surface area contributed by atoms with Crippen LogP contribution in [-0.2, 0) is 30.3 Å². The van der Waals surface area contributed by atoms with E-state index < -0.39 is 35.9 Å². The van der Waals surface area contributed by atoms with Crippen LogP contribution in [-0.4, -0.2) is 82.5 Å². The van der Waals surface area contributed by atoms with Crippen molar-refractivity contribution in [1.82, 2.24) is 20.5 Å². The predicted octanol–water partition coefficient (Wildman–Crippen LogP) is 5.15. The van der Waals surface area contributed by atoms with Crippen LogP contribution in [0.2, 0.25) is 0 Å². The minimum Gasteiger partial charge on any atom is -0.506 e. The number of phenolic OH excluding ortho intramolecular Hbond substituents is 1. The van der Waals surface area contributed by atoms with Gasteiger partial charge in [-0.2, -0.15) is 0 Å². The van der Waals surface area contributed by atoms with Crippen LogP contribution in [0.15, 0.2) is 23.6 Å². The van der Waals surface area contributed by atoms with Crippen molar-refractivity contribution in [3.8, 4) is 5.75 Å². The van der Waals surface area contributed by atoms with E-state index in [0.29, 0.717) is 36.4 Å². The topological polar surface area (TPSA) is 187 Å².